The summed E-state index contributed by atoms with van der Waals surface area (Å²) in [6.07, 6.45) is 1.95. The molecule has 0 aliphatic carbocycles. The predicted molar refractivity (Wildman–Crippen MR) is 84.3 cm³/mol. The Hall–Kier alpha value is -1.89. The number of carbonyl (C=O) groups excluding carboxylic acids is 2. The van der Waals surface area contributed by atoms with Crippen molar-refractivity contribution in [1.29, 1.82) is 0 Å². The van der Waals surface area contributed by atoms with Crippen LogP contribution in [0.5, 0.6) is 0 Å². The van der Waals surface area contributed by atoms with E-state index in [1.54, 1.807) is 29.2 Å². The summed E-state index contributed by atoms with van der Waals surface area (Å²) in [5.41, 5.74) is 1.52. The van der Waals surface area contributed by atoms with Crippen molar-refractivity contribution in [3.05, 3.63) is 29.8 Å². The van der Waals surface area contributed by atoms with Gasteiger partial charge in [-0.05, 0) is 24.1 Å². The topological polar surface area (TPSA) is 83.6 Å². The second-order valence-electron chi connectivity index (χ2n) is 5.63. The average molecular weight is 324 g/mol. The summed E-state index contributed by atoms with van der Waals surface area (Å²) in [5.74, 6) is -0.217. The molecule has 1 aromatic rings. The van der Waals surface area contributed by atoms with Gasteiger partial charge in [-0.25, -0.2) is 8.42 Å². The molecule has 0 aromatic heterocycles. The summed E-state index contributed by atoms with van der Waals surface area (Å²) in [6.45, 7) is 2.20. The standard InChI is InChI=1S/C15H20N2O4S/c1-11(18)16-13-5-3-12(4-6-13)9-15(19)17-8-7-14(10-17)22(2,20)21/h3-6,14H,7-10H2,1-2H3,(H,16,18). The Morgan fingerprint density at radius 3 is 2.41 bits per heavy atom. The van der Waals surface area contributed by atoms with Crippen molar-refractivity contribution in [3.63, 3.8) is 0 Å². The Morgan fingerprint density at radius 2 is 1.91 bits per heavy atom. The molecule has 1 aromatic carbocycles. The summed E-state index contributed by atoms with van der Waals surface area (Å²) in [5, 5.41) is 2.22. The van der Waals surface area contributed by atoms with Gasteiger partial charge in [-0.3, -0.25) is 9.59 Å². The fourth-order valence-electron chi connectivity index (χ4n) is 2.50. The van der Waals surface area contributed by atoms with Gasteiger partial charge in [0, 0.05) is 32.0 Å². The fraction of sp³-hybridized carbons (Fsp3) is 0.467. The van der Waals surface area contributed by atoms with Gasteiger partial charge in [0.2, 0.25) is 11.8 Å². The molecule has 120 valence electrons. The Bertz CT molecular complexity index is 667. The molecular formula is C15H20N2O4S. The zero-order chi connectivity index (χ0) is 16.3. The van der Waals surface area contributed by atoms with E-state index in [1.165, 1.54) is 13.2 Å². The lowest BCUT2D eigenvalue weighted by atomic mass is 10.1. The van der Waals surface area contributed by atoms with Gasteiger partial charge < -0.3 is 10.2 Å². The molecule has 2 amide bonds. The van der Waals surface area contributed by atoms with Crippen molar-refractivity contribution in [2.24, 2.45) is 0 Å². The van der Waals surface area contributed by atoms with Gasteiger partial charge in [0.05, 0.1) is 11.7 Å². The molecule has 6 nitrogen and oxygen atoms in total. The number of hydrogen-bond acceptors (Lipinski definition) is 4. The summed E-state index contributed by atoms with van der Waals surface area (Å²) < 4.78 is 23.0. The highest BCUT2D eigenvalue weighted by molar-refractivity contribution is 7.91. The molecular weight excluding hydrogens is 304 g/mol. The molecule has 1 fully saturated rings. The van der Waals surface area contributed by atoms with E-state index >= 15 is 0 Å². The molecule has 7 heteroatoms. The number of nitrogens with one attached hydrogen (secondary N) is 1. The molecule has 1 aliphatic rings. The second kappa shape index (κ2) is 6.48. The van der Waals surface area contributed by atoms with Crippen LogP contribution in [0.3, 0.4) is 0 Å². The number of hydrogen-bond donors (Lipinski definition) is 1. The molecule has 1 unspecified atom stereocenters. The minimum absolute atomic E-state index is 0.0709. The van der Waals surface area contributed by atoms with Gasteiger partial charge in [0.1, 0.15) is 0 Å². The lowest BCUT2D eigenvalue weighted by Gasteiger charge is -2.16. The van der Waals surface area contributed by atoms with Crippen molar-refractivity contribution < 1.29 is 18.0 Å². The first-order valence-corrected chi connectivity index (χ1v) is 9.04. The van der Waals surface area contributed by atoms with Crippen LogP contribution in [0.2, 0.25) is 0 Å². The highest BCUT2D eigenvalue weighted by Crippen LogP contribution is 2.18. The Labute approximate surface area is 130 Å². The summed E-state index contributed by atoms with van der Waals surface area (Å²) in [4.78, 5) is 24.8. The van der Waals surface area contributed by atoms with Crippen LogP contribution in [0.1, 0.15) is 18.9 Å². The molecule has 0 saturated carbocycles. The van der Waals surface area contributed by atoms with Gasteiger partial charge in [-0.2, -0.15) is 0 Å². The molecule has 0 spiro atoms. The summed E-state index contributed by atoms with van der Waals surface area (Å²) in [6, 6.07) is 7.06. The van der Waals surface area contributed by atoms with Crippen LogP contribution in [0, 0.1) is 0 Å². The van der Waals surface area contributed by atoms with Crippen LogP contribution in [-0.4, -0.2) is 49.7 Å². The molecule has 1 atom stereocenters. The van der Waals surface area contributed by atoms with E-state index < -0.39 is 15.1 Å². The maximum absolute atomic E-state index is 12.2. The van der Waals surface area contributed by atoms with Crippen LogP contribution >= 0.6 is 0 Å². The first-order chi connectivity index (χ1) is 10.3. The third kappa shape index (κ3) is 4.30. The number of rotatable bonds is 4. The first-order valence-electron chi connectivity index (χ1n) is 7.09. The van der Waals surface area contributed by atoms with Crippen molar-refractivity contribution in [1.82, 2.24) is 4.90 Å². The predicted octanol–water partition coefficient (Wildman–Crippen LogP) is 0.833. The summed E-state index contributed by atoms with van der Waals surface area (Å²) >= 11 is 0. The van der Waals surface area contributed by atoms with E-state index in [0.717, 1.165) is 5.56 Å². The maximum Gasteiger partial charge on any atom is 0.227 e. The molecule has 22 heavy (non-hydrogen) atoms. The van der Waals surface area contributed by atoms with Crippen molar-refractivity contribution >= 4 is 27.3 Å². The van der Waals surface area contributed by atoms with E-state index in [0.29, 0.717) is 18.7 Å². The maximum atomic E-state index is 12.2. The minimum atomic E-state index is -3.09. The van der Waals surface area contributed by atoms with E-state index in [2.05, 4.69) is 5.32 Å². The molecule has 1 saturated heterocycles. The Morgan fingerprint density at radius 1 is 1.27 bits per heavy atom. The molecule has 1 N–H and O–H groups in total. The molecule has 2 rings (SSSR count). The Kier molecular flexibility index (Phi) is 4.85. The number of sulfone groups is 1. The third-order valence-corrected chi connectivity index (χ3v) is 5.33. The lowest BCUT2D eigenvalue weighted by molar-refractivity contribution is -0.129. The van der Waals surface area contributed by atoms with Gasteiger partial charge in [0.15, 0.2) is 9.84 Å². The fourth-order valence-corrected chi connectivity index (χ4v) is 3.48. The highest BCUT2D eigenvalue weighted by atomic mass is 32.2. The van der Waals surface area contributed by atoms with E-state index in [-0.39, 0.29) is 24.8 Å². The van der Waals surface area contributed by atoms with Crippen LogP contribution in [-0.2, 0) is 25.8 Å². The number of benzene rings is 1. The van der Waals surface area contributed by atoms with E-state index in [4.69, 9.17) is 0 Å². The van der Waals surface area contributed by atoms with Crippen LogP contribution in [0.4, 0.5) is 5.69 Å². The van der Waals surface area contributed by atoms with Crippen molar-refractivity contribution in [2.75, 3.05) is 24.7 Å². The van der Waals surface area contributed by atoms with Gasteiger partial charge >= 0.3 is 0 Å². The number of anilines is 1. The molecule has 0 radical (unpaired) electrons. The zero-order valence-electron chi connectivity index (χ0n) is 12.7. The van der Waals surface area contributed by atoms with Gasteiger partial charge in [-0.15, -0.1) is 0 Å². The SMILES string of the molecule is CC(=O)Nc1ccc(CC(=O)N2CCC(S(C)(=O)=O)C2)cc1. The van der Waals surface area contributed by atoms with Crippen molar-refractivity contribution in [3.8, 4) is 0 Å². The average Bonchev–Trinajstić information content (AvgIpc) is 2.90. The van der Waals surface area contributed by atoms with Gasteiger partial charge in [-0.1, -0.05) is 12.1 Å². The van der Waals surface area contributed by atoms with E-state index in [1.807, 2.05) is 0 Å². The first kappa shape index (κ1) is 16.5. The molecule has 0 bridgehead atoms. The Balaban J connectivity index is 1.94. The van der Waals surface area contributed by atoms with E-state index in [9.17, 15) is 18.0 Å². The quantitative estimate of drug-likeness (QED) is 0.889. The number of carbonyl (C=O) groups is 2. The normalized spacial score (nSPS) is 18.3. The zero-order valence-corrected chi connectivity index (χ0v) is 13.5. The second-order valence-corrected chi connectivity index (χ2v) is 7.96. The lowest BCUT2D eigenvalue weighted by Crippen LogP contribution is -2.32. The minimum Gasteiger partial charge on any atom is -0.341 e. The highest BCUT2D eigenvalue weighted by Gasteiger charge is 2.32. The van der Waals surface area contributed by atoms with Crippen LogP contribution in [0.15, 0.2) is 24.3 Å². The number of nitrogens with zero attached hydrogens (tertiary/aromatic N) is 1. The third-order valence-electron chi connectivity index (χ3n) is 3.73. The largest absolute Gasteiger partial charge is 0.341 e. The molecule has 1 aliphatic heterocycles. The molecule has 1 heterocycles. The van der Waals surface area contributed by atoms with Crippen LogP contribution in [0.25, 0.3) is 0 Å². The number of likely N-dealkylation sites (tertiary alicyclic amines) is 1. The van der Waals surface area contributed by atoms with Crippen LogP contribution < -0.4 is 5.32 Å². The van der Waals surface area contributed by atoms with Gasteiger partial charge in [0.25, 0.3) is 0 Å². The smallest absolute Gasteiger partial charge is 0.227 e. The summed E-state index contributed by atoms with van der Waals surface area (Å²) in [7, 11) is -3.09. The number of amides is 2. The van der Waals surface area contributed by atoms with Crippen molar-refractivity contribution in [2.45, 2.75) is 25.0 Å². The monoisotopic (exact) mass is 324 g/mol.